The second-order valence-corrected chi connectivity index (χ2v) is 12.8. The molecular weight excluding hydrogens is 625 g/mol. The number of alkyl halides is 2. The van der Waals surface area contributed by atoms with Crippen molar-refractivity contribution in [2.24, 2.45) is 0 Å². The summed E-state index contributed by atoms with van der Waals surface area (Å²) in [6.45, 7) is 11.6. The van der Waals surface area contributed by atoms with Gasteiger partial charge in [0.05, 0.1) is 0 Å². The SMILES string of the molecule is CC(C)(C)OC(=O)CC[C@H](NC(=O)Oc1ccc(COC(=O)Nc2ccc(N(CCCl)CCCl)cc2)cc1)C(=O)OC(C)(C)C. The summed E-state index contributed by atoms with van der Waals surface area (Å²) in [7, 11) is 0. The largest absolute Gasteiger partial charge is 0.460 e. The van der Waals surface area contributed by atoms with Gasteiger partial charge in [0.1, 0.15) is 29.6 Å². The summed E-state index contributed by atoms with van der Waals surface area (Å²) in [6.07, 6.45) is -1.70. The molecule has 0 saturated heterocycles. The van der Waals surface area contributed by atoms with Gasteiger partial charge in [-0.05, 0) is 89.9 Å². The van der Waals surface area contributed by atoms with Crippen LogP contribution in [0.15, 0.2) is 48.5 Å². The minimum Gasteiger partial charge on any atom is -0.460 e. The van der Waals surface area contributed by atoms with Crippen LogP contribution in [-0.2, 0) is 30.4 Å². The Morgan fingerprint density at radius 2 is 1.38 bits per heavy atom. The predicted octanol–water partition coefficient (Wildman–Crippen LogP) is 6.64. The Morgan fingerprint density at radius 3 is 1.91 bits per heavy atom. The molecule has 2 amide bonds. The highest BCUT2D eigenvalue weighted by Gasteiger charge is 2.29. The highest BCUT2D eigenvalue weighted by atomic mass is 35.5. The summed E-state index contributed by atoms with van der Waals surface area (Å²) in [5, 5.41) is 5.14. The van der Waals surface area contributed by atoms with Crippen LogP contribution in [0.25, 0.3) is 0 Å². The number of rotatable bonds is 14. The average molecular weight is 669 g/mol. The van der Waals surface area contributed by atoms with Gasteiger partial charge in [0.2, 0.25) is 0 Å². The van der Waals surface area contributed by atoms with E-state index in [0.29, 0.717) is 36.1 Å². The molecule has 2 aromatic carbocycles. The van der Waals surface area contributed by atoms with Crippen molar-refractivity contribution in [1.82, 2.24) is 5.32 Å². The van der Waals surface area contributed by atoms with Crippen molar-refractivity contribution in [2.75, 3.05) is 35.1 Å². The first-order chi connectivity index (χ1) is 21.1. The zero-order chi connectivity index (χ0) is 33.6. The highest BCUT2D eigenvalue weighted by Crippen LogP contribution is 2.19. The number of hydrogen-bond acceptors (Lipinski definition) is 9. The van der Waals surface area contributed by atoms with E-state index in [9.17, 15) is 19.2 Å². The molecule has 0 aliphatic rings. The van der Waals surface area contributed by atoms with Crippen LogP contribution >= 0.6 is 23.2 Å². The Labute approximate surface area is 274 Å². The lowest BCUT2D eigenvalue weighted by molar-refractivity contribution is -0.158. The maximum absolute atomic E-state index is 12.7. The molecule has 1 atom stereocenters. The molecule has 0 heterocycles. The van der Waals surface area contributed by atoms with E-state index in [0.717, 1.165) is 5.69 Å². The number of esters is 2. The summed E-state index contributed by atoms with van der Waals surface area (Å²) in [5.41, 5.74) is 0.659. The van der Waals surface area contributed by atoms with Gasteiger partial charge >= 0.3 is 24.1 Å². The molecular formula is C32H43Cl2N3O8. The van der Waals surface area contributed by atoms with Crippen LogP contribution in [0.2, 0.25) is 0 Å². The van der Waals surface area contributed by atoms with Crippen molar-refractivity contribution in [3.8, 4) is 5.75 Å². The van der Waals surface area contributed by atoms with E-state index >= 15 is 0 Å². The van der Waals surface area contributed by atoms with E-state index in [-0.39, 0.29) is 25.2 Å². The summed E-state index contributed by atoms with van der Waals surface area (Å²) >= 11 is 11.7. The zero-order valence-corrected chi connectivity index (χ0v) is 28.1. The number of carbonyl (C=O) groups is 4. The summed E-state index contributed by atoms with van der Waals surface area (Å²) in [4.78, 5) is 51.9. The maximum atomic E-state index is 12.7. The minimum atomic E-state index is -1.14. The second kappa shape index (κ2) is 17.7. The van der Waals surface area contributed by atoms with Gasteiger partial charge in [-0.15, -0.1) is 23.2 Å². The fraction of sp³-hybridized carbons (Fsp3) is 0.500. The van der Waals surface area contributed by atoms with Crippen molar-refractivity contribution in [3.05, 3.63) is 54.1 Å². The van der Waals surface area contributed by atoms with Crippen LogP contribution in [-0.4, -0.2) is 66.2 Å². The summed E-state index contributed by atoms with van der Waals surface area (Å²) in [6, 6.07) is 12.4. The predicted molar refractivity (Wildman–Crippen MR) is 174 cm³/mol. The molecule has 2 rings (SSSR count). The van der Waals surface area contributed by atoms with Crippen LogP contribution in [0.5, 0.6) is 5.75 Å². The molecule has 0 aromatic heterocycles. The van der Waals surface area contributed by atoms with E-state index in [2.05, 4.69) is 10.6 Å². The molecule has 0 fully saturated rings. The lowest BCUT2D eigenvalue weighted by Crippen LogP contribution is -2.45. The monoisotopic (exact) mass is 667 g/mol. The van der Waals surface area contributed by atoms with Gasteiger partial charge in [0.15, 0.2) is 0 Å². The summed E-state index contributed by atoms with van der Waals surface area (Å²) < 4.78 is 21.3. The van der Waals surface area contributed by atoms with Gasteiger partial charge in [-0.25, -0.2) is 14.4 Å². The molecule has 0 spiro atoms. The Morgan fingerprint density at radius 1 is 0.800 bits per heavy atom. The normalized spacial score (nSPS) is 12.0. The molecule has 0 aliphatic heterocycles. The van der Waals surface area contributed by atoms with Gasteiger partial charge in [-0.2, -0.15) is 0 Å². The number of nitrogens with zero attached hydrogens (tertiary/aromatic N) is 1. The van der Waals surface area contributed by atoms with Crippen LogP contribution in [0.1, 0.15) is 59.9 Å². The van der Waals surface area contributed by atoms with Crippen molar-refractivity contribution in [3.63, 3.8) is 0 Å². The van der Waals surface area contributed by atoms with Crippen LogP contribution in [0.4, 0.5) is 21.0 Å². The number of benzene rings is 2. The maximum Gasteiger partial charge on any atom is 0.413 e. The molecule has 11 nitrogen and oxygen atoms in total. The minimum absolute atomic E-state index is 0.0268. The molecule has 2 aromatic rings. The van der Waals surface area contributed by atoms with Crippen molar-refractivity contribution in [1.29, 1.82) is 0 Å². The van der Waals surface area contributed by atoms with Crippen LogP contribution in [0.3, 0.4) is 0 Å². The van der Waals surface area contributed by atoms with E-state index in [4.69, 9.17) is 42.1 Å². The number of halogens is 2. The third kappa shape index (κ3) is 15.2. The standard InChI is InChI=1S/C32H43Cl2N3O8/c1-31(2,3)44-27(38)16-15-26(28(39)45-32(4,5)6)36-30(41)43-25-13-7-22(8-14-25)21-42-29(40)35-23-9-11-24(12-10-23)37(19-17-33)20-18-34/h7-14,26H,15-21H2,1-6H3,(H,35,40)(H,36,41)/t26-/m0/s1. The van der Waals surface area contributed by atoms with Crippen molar-refractivity contribution >= 4 is 58.7 Å². The van der Waals surface area contributed by atoms with Crippen LogP contribution in [0, 0.1) is 0 Å². The average Bonchev–Trinajstić information content (AvgIpc) is 2.93. The molecule has 0 radical (unpaired) electrons. The molecule has 0 saturated carbocycles. The fourth-order valence-electron chi connectivity index (χ4n) is 3.84. The first kappa shape index (κ1) is 37.5. The molecule has 13 heteroatoms. The van der Waals surface area contributed by atoms with Crippen LogP contribution < -0.4 is 20.3 Å². The molecule has 45 heavy (non-hydrogen) atoms. The van der Waals surface area contributed by atoms with E-state index in [1.54, 1.807) is 65.8 Å². The first-order valence-electron chi connectivity index (χ1n) is 14.5. The number of amides is 2. The van der Waals surface area contributed by atoms with Crippen molar-refractivity contribution < 1.29 is 38.1 Å². The number of anilines is 2. The summed E-state index contributed by atoms with van der Waals surface area (Å²) in [5.74, 6) is -0.0916. The lowest BCUT2D eigenvalue weighted by atomic mass is 10.1. The number of nitrogens with one attached hydrogen (secondary N) is 2. The Balaban J connectivity index is 1.89. The quantitative estimate of drug-likeness (QED) is 0.129. The fourth-order valence-corrected chi connectivity index (χ4v) is 4.25. The van der Waals surface area contributed by atoms with Gasteiger partial charge < -0.3 is 29.2 Å². The Hall–Kier alpha value is -3.70. The van der Waals surface area contributed by atoms with E-state index in [1.807, 2.05) is 17.0 Å². The first-order valence-corrected chi connectivity index (χ1v) is 15.6. The van der Waals surface area contributed by atoms with Gasteiger partial charge in [-0.3, -0.25) is 10.1 Å². The van der Waals surface area contributed by atoms with Gasteiger partial charge in [0, 0.05) is 42.6 Å². The Kier molecular flexibility index (Phi) is 14.7. The third-order valence-electron chi connectivity index (χ3n) is 5.73. The van der Waals surface area contributed by atoms with E-state index < -0.39 is 41.4 Å². The number of ether oxygens (including phenoxy) is 4. The molecule has 0 bridgehead atoms. The number of carbonyl (C=O) groups excluding carboxylic acids is 4. The molecule has 0 aliphatic carbocycles. The molecule has 248 valence electrons. The molecule has 2 N–H and O–H groups in total. The smallest absolute Gasteiger partial charge is 0.413 e. The van der Waals surface area contributed by atoms with Crippen molar-refractivity contribution in [2.45, 2.75) is 78.2 Å². The van der Waals surface area contributed by atoms with Gasteiger partial charge in [0.25, 0.3) is 0 Å². The number of hydrogen-bond donors (Lipinski definition) is 2. The van der Waals surface area contributed by atoms with Gasteiger partial charge in [-0.1, -0.05) is 12.1 Å². The Bertz CT molecular complexity index is 1250. The topological polar surface area (TPSA) is 132 Å². The molecule has 0 unspecified atom stereocenters. The lowest BCUT2D eigenvalue weighted by Gasteiger charge is -2.25. The highest BCUT2D eigenvalue weighted by molar-refractivity contribution is 6.18. The van der Waals surface area contributed by atoms with E-state index in [1.165, 1.54) is 12.1 Å². The second-order valence-electron chi connectivity index (χ2n) is 12.0. The zero-order valence-electron chi connectivity index (χ0n) is 26.6. The third-order valence-corrected chi connectivity index (χ3v) is 6.07.